The number of benzene rings is 2. The average Bonchev–Trinajstić information content (AvgIpc) is 3.52. The van der Waals surface area contributed by atoms with Gasteiger partial charge in [0.05, 0.1) is 52.1 Å². The van der Waals surface area contributed by atoms with Crippen molar-refractivity contribution in [3.8, 4) is 17.1 Å². The minimum absolute atomic E-state index is 0.0561. The van der Waals surface area contributed by atoms with Gasteiger partial charge in [0, 0.05) is 6.08 Å². The van der Waals surface area contributed by atoms with Gasteiger partial charge in [-0.25, -0.2) is 15.0 Å². The van der Waals surface area contributed by atoms with Crippen LogP contribution in [0.4, 0.5) is 5.69 Å². The number of fused-ring (bicyclic) bond motifs is 1. The molecule has 4 aromatic rings. The number of carbonyl (C=O) groups excluding carboxylic acids is 1. The van der Waals surface area contributed by atoms with E-state index in [-0.39, 0.29) is 22.8 Å². The number of esters is 1. The van der Waals surface area contributed by atoms with E-state index < -0.39 is 12.0 Å². The Hall–Kier alpha value is -4.77. The number of rotatable bonds is 7. The normalized spacial score (nSPS) is 15.1. The maximum absolute atomic E-state index is 13.7. The van der Waals surface area contributed by atoms with Gasteiger partial charge in [-0.3, -0.25) is 9.36 Å². The van der Waals surface area contributed by atoms with Gasteiger partial charge in [-0.1, -0.05) is 41.7 Å². The van der Waals surface area contributed by atoms with E-state index in [9.17, 15) is 19.7 Å². The standard InChI is InChI=1S/C28H24N3O7S/c1-4-37-27(33)24-16(2)29-28-30(25(24)17-8-6-5-7-9-17)26(32)23(39-28)15-19-11-13-22(38-19)20-12-10-18(36-3)14-21(20)31(34)35/h5-15,25H,4H2,1-3H3,(H,34,35)/q+1/b23-15-. The molecule has 1 N–H and O–H groups in total. The predicted octanol–water partition coefficient (Wildman–Crippen LogP) is 3.87. The van der Waals surface area contributed by atoms with Crippen molar-refractivity contribution < 1.29 is 28.8 Å². The highest BCUT2D eigenvalue weighted by Gasteiger charge is 2.33. The molecular weight excluding hydrogens is 522 g/mol. The Balaban J connectivity index is 1.62. The van der Waals surface area contributed by atoms with Crippen LogP contribution in [0.15, 0.2) is 86.1 Å². The molecule has 0 amide bonds. The molecular formula is C28H24N3O7S+. The highest BCUT2D eigenvalue weighted by atomic mass is 32.1. The van der Waals surface area contributed by atoms with Gasteiger partial charge in [-0.15, -0.1) is 0 Å². The lowest BCUT2D eigenvalue weighted by molar-refractivity contribution is -0.729. The van der Waals surface area contributed by atoms with E-state index >= 15 is 0 Å². The molecule has 0 radical (unpaired) electrons. The zero-order valence-corrected chi connectivity index (χ0v) is 22.1. The summed E-state index contributed by atoms with van der Waals surface area (Å²) in [6.45, 7) is 3.64. The summed E-state index contributed by atoms with van der Waals surface area (Å²) in [7, 11) is 1.45. The molecule has 198 valence electrons. The Kier molecular flexibility index (Phi) is 6.99. The molecule has 2 aromatic heterocycles. The first kappa shape index (κ1) is 25.9. The fraction of sp³-hybridized carbons (Fsp3) is 0.179. The number of methoxy groups -OCH3 is 1. The van der Waals surface area contributed by atoms with Crippen LogP contribution in [-0.4, -0.2) is 34.4 Å². The van der Waals surface area contributed by atoms with E-state index in [1.54, 1.807) is 44.2 Å². The molecule has 0 saturated heterocycles. The van der Waals surface area contributed by atoms with E-state index in [1.807, 2.05) is 30.3 Å². The topological polar surface area (TPSA) is 123 Å². The number of carbonyl (C=O) groups is 1. The Morgan fingerprint density at radius 1 is 1.21 bits per heavy atom. The molecule has 11 heteroatoms. The first-order valence-corrected chi connectivity index (χ1v) is 12.8. The SMILES string of the molecule is CCOC(=O)C1=C(C)N=c2s/c(=C\c3ccc(-c4ccc(OC)cc4[N+](=O)O)o3)c(=O)n2C1c1ccccc1. The summed E-state index contributed by atoms with van der Waals surface area (Å²) in [5.74, 6) is 0.528. The quantitative estimate of drug-likeness (QED) is 0.276. The van der Waals surface area contributed by atoms with Gasteiger partial charge in [-0.05, 0) is 43.7 Å². The largest absolute Gasteiger partial charge is 0.496 e. The molecule has 1 atom stereocenters. The molecule has 2 aromatic carbocycles. The van der Waals surface area contributed by atoms with Crippen LogP contribution in [0.5, 0.6) is 5.75 Å². The second-order valence-corrected chi connectivity index (χ2v) is 9.58. The molecule has 10 nitrogen and oxygen atoms in total. The van der Waals surface area contributed by atoms with Gasteiger partial charge >= 0.3 is 11.7 Å². The molecule has 3 heterocycles. The molecule has 39 heavy (non-hydrogen) atoms. The van der Waals surface area contributed by atoms with Gasteiger partial charge in [0.2, 0.25) is 0 Å². The summed E-state index contributed by atoms with van der Waals surface area (Å²) in [6.07, 6.45) is 1.58. The zero-order chi connectivity index (χ0) is 27.7. The highest BCUT2D eigenvalue weighted by molar-refractivity contribution is 7.07. The Bertz CT molecular complexity index is 1800. The molecule has 1 aliphatic rings. The number of ether oxygens (including phenoxy) is 2. The van der Waals surface area contributed by atoms with Crippen LogP contribution in [0.1, 0.15) is 31.2 Å². The highest BCUT2D eigenvalue weighted by Crippen LogP contribution is 2.34. The Morgan fingerprint density at radius 2 is 1.97 bits per heavy atom. The third-order valence-corrected chi connectivity index (χ3v) is 7.19. The lowest BCUT2D eigenvalue weighted by atomic mass is 9.96. The van der Waals surface area contributed by atoms with E-state index in [1.165, 1.54) is 29.1 Å². The minimum atomic E-state index is -0.703. The van der Waals surface area contributed by atoms with Crippen molar-refractivity contribution in [1.29, 1.82) is 0 Å². The van der Waals surface area contributed by atoms with Crippen LogP contribution in [0, 0.1) is 4.91 Å². The fourth-order valence-electron chi connectivity index (χ4n) is 4.45. The van der Waals surface area contributed by atoms with Gasteiger partial charge in [0.1, 0.15) is 17.3 Å². The van der Waals surface area contributed by atoms with Gasteiger partial charge < -0.3 is 13.9 Å². The van der Waals surface area contributed by atoms with E-state index in [0.29, 0.717) is 43.4 Å². The maximum Gasteiger partial charge on any atom is 0.338 e. The number of hydrogen-bond donors (Lipinski definition) is 1. The summed E-state index contributed by atoms with van der Waals surface area (Å²) >= 11 is 1.17. The number of thiazole rings is 1. The number of allylic oxidation sites excluding steroid dienone is 1. The molecule has 5 rings (SSSR count). The Labute approximate surface area is 225 Å². The second kappa shape index (κ2) is 10.5. The summed E-state index contributed by atoms with van der Waals surface area (Å²) in [5, 5.41) is 9.58. The predicted molar refractivity (Wildman–Crippen MR) is 143 cm³/mol. The van der Waals surface area contributed by atoms with E-state index in [2.05, 4.69) is 4.99 Å². The van der Waals surface area contributed by atoms with Crippen molar-refractivity contribution in [3.63, 3.8) is 0 Å². The van der Waals surface area contributed by atoms with Crippen molar-refractivity contribution >= 4 is 29.1 Å². The van der Waals surface area contributed by atoms with Crippen LogP contribution in [0.25, 0.3) is 17.4 Å². The van der Waals surface area contributed by atoms with Crippen molar-refractivity contribution in [1.82, 2.24) is 4.57 Å². The third-order valence-electron chi connectivity index (χ3n) is 6.21. The summed E-state index contributed by atoms with van der Waals surface area (Å²) in [5.41, 5.74) is 1.48. The van der Waals surface area contributed by atoms with Gasteiger partial charge in [-0.2, -0.15) is 0 Å². The van der Waals surface area contributed by atoms with E-state index in [4.69, 9.17) is 13.9 Å². The lowest BCUT2D eigenvalue weighted by Gasteiger charge is -2.24. The van der Waals surface area contributed by atoms with Crippen molar-refractivity contribution in [2.24, 2.45) is 4.99 Å². The molecule has 0 spiro atoms. The summed E-state index contributed by atoms with van der Waals surface area (Å²) in [4.78, 5) is 43.1. The second-order valence-electron chi connectivity index (χ2n) is 8.57. The van der Waals surface area contributed by atoms with Crippen LogP contribution >= 0.6 is 11.3 Å². The molecule has 0 fully saturated rings. The van der Waals surface area contributed by atoms with Crippen molar-refractivity contribution in [2.75, 3.05) is 13.7 Å². The number of hydrogen-bond acceptors (Lipinski definition) is 8. The molecule has 1 unspecified atom stereocenters. The number of aromatic nitrogens is 1. The zero-order valence-electron chi connectivity index (χ0n) is 21.3. The maximum atomic E-state index is 13.7. The average molecular weight is 547 g/mol. The van der Waals surface area contributed by atoms with Crippen LogP contribution in [0.2, 0.25) is 0 Å². The van der Waals surface area contributed by atoms with Crippen LogP contribution in [0.3, 0.4) is 0 Å². The smallest absolute Gasteiger partial charge is 0.338 e. The minimum Gasteiger partial charge on any atom is -0.496 e. The molecule has 0 bridgehead atoms. The van der Waals surface area contributed by atoms with Crippen LogP contribution < -0.4 is 19.6 Å². The molecule has 0 saturated carbocycles. The summed E-state index contributed by atoms with van der Waals surface area (Å²) < 4.78 is 18.2. The van der Waals surface area contributed by atoms with Crippen LogP contribution in [-0.2, 0) is 9.53 Å². The third kappa shape index (κ3) is 4.79. The first-order valence-electron chi connectivity index (χ1n) is 12.0. The Morgan fingerprint density at radius 3 is 2.67 bits per heavy atom. The molecule has 0 aliphatic carbocycles. The fourth-order valence-corrected chi connectivity index (χ4v) is 5.48. The molecule has 1 aliphatic heterocycles. The summed E-state index contributed by atoms with van der Waals surface area (Å²) in [6, 6.07) is 16.4. The monoisotopic (exact) mass is 546 g/mol. The lowest BCUT2D eigenvalue weighted by Crippen LogP contribution is -2.39. The van der Waals surface area contributed by atoms with Crippen molar-refractivity contribution in [2.45, 2.75) is 19.9 Å². The van der Waals surface area contributed by atoms with Crippen molar-refractivity contribution in [3.05, 3.63) is 108 Å². The van der Waals surface area contributed by atoms with Gasteiger partial charge in [0.15, 0.2) is 4.80 Å². The van der Waals surface area contributed by atoms with Gasteiger partial charge in [0.25, 0.3) is 10.5 Å². The first-order chi connectivity index (χ1) is 18.8. The van der Waals surface area contributed by atoms with E-state index in [0.717, 1.165) is 5.56 Å². The number of furan rings is 1. The number of nitrogens with zero attached hydrogens (tertiary/aromatic N) is 3.